The van der Waals surface area contributed by atoms with Gasteiger partial charge in [0.05, 0.1) is 0 Å². The van der Waals surface area contributed by atoms with E-state index in [-0.39, 0.29) is 6.17 Å². The van der Waals surface area contributed by atoms with Crippen molar-refractivity contribution in [1.82, 2.24) is 0 Å². The van der Waals surface area contributed by atoms with Crippen LogP contribution in [0.1, 0.15) is 16.7 Å². The molecular formula is C14H16N2O. The predicted octanol–water partition coefficient (Wildman–Crippen LogP) is 2.32. The fraction of sp³-hybridized carbons (Fsp3) is 0.214. The number of aliphatic imine (C=N–C) groups is 1. The zero-order valence-corrected chi connectivity index (χ0v) is 10.0. The number of aryl methyl sites for hydroxylation is 2. The first-order valence-corrected chi connectivity index (χ1v) is 5.55. The molecule has 1 unspecified atom stereocenters. The molecule has 2 rings (SSSR count). The molecule has 1 aliphatic rings. The minimum Gasteiger partial charge on any atom is -0.507 e. The van der Waals surface area contributed by atoms with Crippen molar-refractivity contribution in [3.63, 3.8) is 0 Å². The number of nitrogens with zero attached hydrogens (tertiary/aromatic N) is 1. The van der Waals surface area contributed by atoms with Gasteiger partial charge in [0.2, 0.25) is 0 Å². The summed E-state index contributed by atoms with van der Waals surface area (Å²) in [6.07, 6.45) is 6.97. The van der Waals surface area contributed by atoms with Crippen LogP contribution >= 0.6 is 0 Å². The van der Waals surface area contributed by atoms with E-state index in [2.05, 4.69) is 4.99 Å². The van der Waals surface area contributed by atoms with Crippen LogP contribution < -0.4 is 5.73 Å². The van der Waals surface area contributed by atoms with E-state index < -0.39 is 0 Å². The van der Waals surface area contributed by atoms with Gasteiger partial charge in [-0.05, 0) is 43.2 Å². The molecule has 0 aliphatic carbocycles. The Bertz CT molecular complexity index is 527. The standard InChI is InChI=1S/C14H16N2O/c1-9-6-10(2)13(17)12(7-9)8-11-4-3-5-16-14(11)15/h3-8,14,17H,15H2,1-2H3. The number of phenolic OH excluding ortho intramolecular Hbond substituents is 1. The van der Waals surface area contributed by atoms with Gasteiger partial charge in [-0.3, -0.25) is 4.99 Å². The molecule has 0 aromatic heterocycles. The van der Waals surface area contributed by atoms with Gasteiger partial charge in [-0.1, -0.05) is 17.7 Å². The second kappa shape index (κ2) is 4.55. The molecule has 0 spiro atoms. The first kappa shape index (κ1) is 11.6. The summed E-state index contributed by atoms with van der Waals surface area (Å²) in [6, 6.07) is 3.89. The lowest BCUT2D eigenvalue weighted by Gasteiger charge is -2.12. The van der Waals surface area contributed by atoms with Crippen LogP contribution in [0.5, 0.6) is 5.75 Å². The lowest BCUT2D eigenvalue weighted by molar-refractivity contribution is 0.469. The molecule has 1 atom stereocenters. The lowest BCUT2D eigenvalue weighted by Crippen LogP contribution is -2.20. The number of aromatic hydroxyl groups is 1. The SMILES string of the molecule is Cc1cc(C)c(O)c(C=C2C=CC=NC2N)c1. The Morgan fingerprint density at radius 2 is 2.12 bits per heavy atom. The molecule has 0 fully saturated rings. The number of hydrogen-bond donors (Lipinski definition) is 2. The Kier molecular flexibility index (Phi) is 3.11. The zero-order chi connectivity index (χ0) is 12.4. The van der Waals surface area contributed by atoms with Crippen LogP contribution in [0.15, 0.2) is 34.9 Å². The summed E-state index contributed by atoms with van der Waals surface area (Å²) in [5.41, 5.74) is 9.52. The Morgan fingerprint density at radius 3 is 2.82 bits per heavy atom. The van der Waals surface area contributed by atoms with Gasteiger partial charge in [0.1, 0.15) is 11.9 Å². The van der Waals surface area contributed by atoms with E-state index in [1.807, 2.05) is 44.2 Å². The van der Waals surface area contributed by atoms with E-state index in [0.717, 1.165) is 22.3 Å². The minimum atomic E-state index is -0.347. The highest BCUT2D eigenvalue weighted by molar-refractivity contribution is 5.77. The number of nitrogens with two attached hydrogens (primary N) is 1. The zero-order valence-electron chi connectivity index (χ0n) is 10.0. The van der Waals surface area contributed by atoms with Gasteiger partial charge in [-0.15, -0.1) is 0 Å². The third kappa shape index (κ3) is 2.45. The van der Waals surface area contributed by atoms with Gasteiger partial charge in [-0.2, -0.15) is 0 Å². The topological polar surface area (TPSA) is 58.6 Å². The maximum atomic E-state index is 9.99. The van der Waals surface area contributed by atoms with Crippen LogP contribution in [0.25, 0.3) is 6.08 Å². The van der Waals surface area contributed by atoms with Gasteiger partial charge in [-0.25, -0.2) is 0 Å². The molecule has 0 radical (unpaired) electrons. The molecule has 17 heavy (non-hydrogen) atoms. The van der Waals surface area contributed by atoms with Crippen molar-refractivity contribution in [1.29, 1.82) is 0 Å². The Morgan fingerprint density at radius 1 is 1.35 bits per heavy atom. The molecule has 3 heteroatoms. The lowest BCUT2D eigenvalue weighted by atomic mass is 10.0. The van der Waals surface area contributed by atoms with Crippen LogP contribution in [0.4, 0.5) is 0 Å². The normalized spacial score (nSPS) is 21.1. The summed E-state index contributed by atoms with van der Waals surface area (Å²) in [5, 5.41) is 9.99. The fourth-order valence-corrected chi connectivity index (χ4v) is 1.90. The smallest absolute Gasteiger partial charge is 0.125 e. The predicted molar refractivity (Wildman–Crippen MR) is 71.2 cm³/mol. The number of allylic oxidation sites excluding steroid dienone is 1. The molecule has 1 aliphatic heterocycles. The molecule has 1 aromatic rings. The molecule has 1 heterocycles. The van der Waals surface area contributed by atoms with E-state index >= 15 is 0 Å². The monoisotopic (exact) mass is 228 g/mol. The quantitative estimate of drug-likeness (QED) is 0.775. The molecular weight excluding hydrogens is 212 g/mol. The molecule has 0 saturated heterocycles. The number of phenols is 1. The Balaban J connectivity index is 2.45. The highest BCUT2D eigenvalue weighted by Crippen LogP contribution is 2.27. The highest BCUT2D eigenvalue weighted by atomic mass is 16.3. The van der Waals surface area contributed by atoms with Gasteiger partial charge in [0.15, 0.2) is 0 Å². The maximum Gasteiger partial charge on any atom is 0.125 e. The summed E-state index contributed by atoms with van der Waals surface area (Å²) >= 11 is 0. The molecule has 0 amide bonds. The average Bonchev–Trinajstić information content (AvgIpc) is 2.28. The molecule has 0 saturated carbocycles. The van der Waals surface area contributed by atoms with Crippen LogP contribution in [0, 0.1) is 13.8 Å². The van der Waals surface area contributed by atoms with E-state index in [1.165, 1.54) is 0 Å². The number of rotatable bonds is 1. The van der Waals surface area contributed by atoms with Crippen LogP contribution in [0.2, 0.25) is 0 Å². The van der Waals surface area contributed by atoms with Crippen molar-refractivity contribution in [2.24, 2.45) is 10.7 Å². The summed E-state index contributed by atoms with van der Waals surface area (Å²) in [4.78, 5) is 4.10. The highest BCUT2D eigenvalue weighted by Gasteiger charge is 2.09. The fourth-order valence-electron chi connectivity index (χ4n) is 1.90. The van der Waals surface area contributed by atoms with Crippen LogP contribution in [0.3, 0.4) is 0 Å². The van der Waals surface area contributed by atoms with Crippen LogP contribution in [-0.2, 0) is 0 Å². The van der Waals surface area contributed by atoms with Gasteiger partial charge >= 0.3 is 0 Å². The summed E-state index contributed by atoms with van der Waals surface area (Å²) in [7, 11) is 0. The first-order valence-electron chi connectivity index (χ1n) is 5.55. The van der Waals surface area contributed by atoms with Crippen molar-refractivity contribution in [3.05, 3.63) is 46.5 Å². The van der Waals surface area contributed by atoms with Crippen LogP contribution in [-0.4, -0.2) is 17.5 Å². The molecule has 88 valence electrons. The number of benzene rings is 1. The van der Waals surface area contributed by atoms with E-state index in [9.17, 15) is 5.11 Å². The third-order valence-corrected chi connectivity index (χ3v) is 2.76. The second-order valence-corrected chi connectivity index (χ2v) is 4.27. The first-order chi connectivity index (χ1) is 8.08. The van der Waals surface area contributed by atoms with Crippen molar-refractivity contribution in [3.8, 4) is 5.75 Å². The average molecular weight is 228 g/mol. The molecule has 3 N–H and O–H groups in total. The third-order valence-electron chi connectivity index (χ3n) is 2.76. The summed E-state index contributed by atoms with van der Waals surface area (Å²) in [5.74, 6) is 0.304. The molecule has 3 nitrogen and oxygen atoms in total. The molecule has 0 bridgehead atoms. The molecule has 1 aromatic carbocycles. The van der Waals surface area contributed by atoms with Crippen molar-refractivity contribution in [2.45, 2.75) is 20.0 Å². The Labute approximate surface area is 101 Å². The van der Waals surface area contributed by atoms with Crippen molar-refractivity contribution in [2.75, 3.05) is 0 Å². The van der Waals surface area contributed by atoms with Gasteiger partial charge < -0.3 is 10.8 Å². The van der Waals surface area contributed by atoms with E-state index in [1.54, 1.807) is 6.21 Å². The number of dihydropyridines is 1. The van der Waals surface area contributed by atoms with Crippen molar-refractivity contribution >= 4 is 12.3 Å². The number of hydrogen-bond acceptors (Lipinski definition) is 3. The largest absolute Gasteiger partial charge is 0.507 e. The van der Waals surface area contributed by atoms with Gasteiger partial charge in [0.25, 0.3) is 0 Å². The minimum absolute atomic E-state index is 0.304. The summed E-state index contributed by atoms with van der Waals surface area (Å²) in [6.45, 7) is 3.89. The van der Waals surface area contributed by atoms with Gasteiger partial charge in [0, 0.05) is 11.8 Å². The summed E-state index contributed by atoms with van der Waals surface area (Å²) < 4.78 is 0. The van der Waals surface area contributed by atoms with E-state index in [4.69, 9.17) is 5.73 Å². The van der Waals surface area contributed by atoms with Crippen molar-refractivity contribution < 1.29 is 5.11 Å². The second-order valence-electron chi connectivity index (χ2n) is 4.27. The maximum absolute atomic E-state index is 9.99. The van der Waals surface area contributed by atoms with E-state index in [0.29, 0.717) is 5.75 Å². The Hall–Kier alpha value is -1.87.